The molecule has 0 bridgehead atoms. The lowest BCUT2D eigenvalue weighted by molar-refractivity contribution is -0.138. The van der Waals surface area contributed by atoms with Gasteiger partial charge in [-0.2, -0.15) is 0 Å². The van der Waals surface area contributed by atoms with E-state index in [-0.39, 0.29) is 6.42 Å². The highest BCUT2D eigenvalue weighted by Crippen LogP contribution is 2.18. The molecule has 2 rings (SSSR count). The van der Waals surface area contributed by atoms with E-state index in [0.29, 0.717) is 11.5 Å². The third kappa shape index (κ3) is 1.49. The molecule has 0 saturated carbocycles. The minimum absolute atomic E-state index is 0.206. The number of nitrogens with two attached hydrogens (primary N) is 1. The number of hydrogen-bond donors (Lipinski definition) is 3. The van der Waals surface area contributed by atoms with Crippen LogP contribution in [0.25, 0.3) is 11.1 Å². The van der Waals surface area contributed by atoms with E-state index in [1.54, 1.807) is 12.3 Å². The first-order valence-electron chi connectivity index (χ1n) is 4.21. The molecule has 14 heavy (non-hydrogen) atoms. The van der Waals surface area contributed by atoms with Crippen molar-refractivity contribution in [2.75, 3.05) is 0 Å². The third-order valence-electron chi connectivity index (χ3n) is 2.03. The maximum absolute atomic E-state index is 10.5. The number of nitrogens with one attached hydrogen (secondary N) is 1. The average Bonchev–Trinajstić information content (AvgIpc) is 2.63. The van der Waals surface area contributed by atoms with Crippen molar-refractivity contribution in [3.63, 3.8) is 0 Å². The zero-order valence-corrected chi connectivity index (χ0v) is 7.36. The number of fused-ring (bicyclic) bond motifs is 1. The number of carboxylic acids is 1. The number of aliphatic carboxylic acids is 1. The Hall–Kier alpha value is -1.75. The van der Waals surface area contributed by atoms with Crippen molar-refractivity contribution < 1.29 is 14.3 Å². The largest absolute Gasteiger partial charge is 0.480 e. The van der Waals surface area contributed by atoms with Gasteiger partial charge in [0.1, 0.15) is 11.8 Å². The van der Waals surface area contributed by atoms with Crippen molar-refractivity contribution in [3.8, 4) is 0 Å². The van der Waals surface area contributed by atoms with E-state index >= 15 is 0 Å². The van der Waals surface area contributed by atoms with Gasteiger partial charge in [0, 0.05) is 18.0 Å². The number of hydrogen-bond acceptors (Lipinski definition) is 3. The number of H-pyrrole nitrogens is 1. The highest BCUT2D eigenvalue weighted by molar-refractivity contribution is 5.76. The Morgan fingerprint density at radius 2 is 2.50 bits per heavy atom. The molecular formula is C9H10N2O3. The third-order valence-corrected chi connectivity index (χ3v) is 2.03. The van der Waals surface area contributed by atoms with E-state index in [9.17, 15) is 4.79 Å². The minimum Gasteiger partial charge on any atom is -0.480 e. The van der Waals surface area contributed by atoms with Crippen LogP contribution in [-0.4, -0.2) is 22.1 Å². The normalized spacial score (nSPS) is 13.2. The molecule has 5 heteroatoms. The van der Waals surface area contributed by atoms with Crippen LogP contribution in [0.1, 0.15) is 5.76 Å². The molecule has 0 spiro atoms. The monoisotopic (exact) mass is 194 g/mol. The summed E-state index contributed by atoms with van der Waals surface area (Å²) in [6, 6.07) is 2.73. The van der Waals surface area contributed by atoms with Gasteiger partial charge in [-0.1, -0.05) is 0 Å². The van der Waals surface area contributed by atoms with Crippen molar-refractivity contribution in [2.45, 2.75) is 12.5 Å². The summed E-state index contributed by atoms with van der Waals surface area (Å²) in [5, 5.41) is 9.52. The first kappa shape index (κ1) is 8.83. The molecule has 0 radical (unpaired) electrons. The van der Waals surface area contributed by atoms with E-state index in [2.05, 4.69) is 4.98 Å². The molecule has 1 atom stereocenters. The van der Waals surface area contributed by atoms with Gasteiger partial charge in [0.05, 0.1) is 0 Å². The number of furan rings is 1. The van der Waals surface area contributed by atoms with Crippen molar-refractivity contribution in [1.82, 2.24) is 4.98 Å². The molecule has 2 aromatic heterocycles. The molecule has 2 aromatic rings. The molecule has 0 fully saturated rings. The molecule has 0 aliphatic rings. The van der Waals surface area contributed by atoms with Crippen LogP contribution in [0.2, 0.25) is 0 Å². The zero-order chi connectivity index (χ0) is 10.1. The standard InChI is InChI=1S/C9H10N2O3/c10-7(9(12)13)4-6-3-5-1-2-11-8(5)14-6/h1-3,7,11H,4,10H2,(H,12,13). The van der Waals surface area contributed by atoms with Gasteiger partial charge in [-0.05, 0) is 12.1 Å². The van der Waals surface area contributed by atoms with Crippen molar-refractivity contribution in [1.29, 1.82) is 0 Å². The Kier molecular flexibility index (Phi) is 2.01. The van der Waals surface area contributed by atoms with Gasteiger partial charge in [-0.3, -0.25) is 4.79 Å². The van der Waals surface area contributed by atoms with Crippen molar-refractivity contribution >= 4 is 17.1 Å². The van der Waals surface area contributed by atoms with Gasteiger partial charge >= 0.3 is 5.97 Å². The van der Waals surface area contributed by atoms with E-state index in [0.717, 1.165) is 5.39 Å². The molecule has 2 heterocycles. The van der Waals surface area contributed by atoms with Crippen LogP contribution in [0.4, 0.5) is 0 Å². The molecule has 74 valence electrons. The van der Waals surface area contributed by atoms with Crippen LogP contribution in [0.5, 0.6) is 0 Å². The van der Waals surface area contributed by atoms with Gasteiger partial charge in [-0.15, -0.1) is 0 Å². The topological polar surface area (TPSA) is 92.3 Å². The summed E-state index contributed by atoms with van der Waals surface area (Å²) in [5.41, 5.74) is 6.02. The predicted octanol–water partition coefficient (Wildman–Crippen LogP) is 0.715. The quantitative estimate of drug-likeness (QED) is 0.671. The molecule has 0 aliphatic carbocycles. The molecule has 4 N–H and O–H groups in total. The summed E-state index contributed by atoms with van der Waals surface area (Å²) in [6.45, 7) is 0. The maximum atomic E-state index is 10.5. The number of aromatic nitrogens is 1. The summed E-state index contributed by atoms with van der Waals surface area (Å²) >= 11 is 0. The summed E-state index contributed by atoms with van der Waals surface area (Å²) in [6.07, 6.45) is 1.97. The molecule has 5 nitrogen and oxygen atoms in total. The van der Waals surface area contributed by atoms with Gasteiger partial charge in [0.2, 0.25) is 5.71 Å². The maximum Gasteiger partial charge on any atom is 0.320 e. The highest BCUT2D eigenvalue weighted by atomic mass is 16.4. The molecule has 0 amide bonds. The van der Waals surface area contributed by atoms with E-state index in [1.165, 1.54) is 0 Å². The lowest BCUT2D eigenvalue weighted by Gasteiger charge is -2.01. The highest BCUT2D eigenvalue weighted by Gasteiger charge is 2.15. The molecule has 0 saturated heterocycles. The van der Waals surface area contributed by atoms with Crippen LogP contribution in [0.3, 0.4) is 0 Å². The number of carbonyl (C=O) groups is 1. The lowest BCUT2D eigenvalue weighted by atomic mass is 10.2. The van der Waals surface area contributed by atoms with E-state index in [4.69, 9.17) is 15.3 Å². The van der Waals surface area contributed by atoms with Gasteiger partial charge in [-0.25, -0.2) is 0 Å². The van der Waals surface area contributed by atoms with Crippen molar-refractivity contribution in [2.24, 2.45) is 5.73 Å². The van der Waals surface area contributed by atoms with E-state index in [1.807, 2.05) is 6.07 Å². The van der Waals surface area contributed by atoms with Crippen LogP contribution < -0.4 is 5.73 Å². The lowest BCUT2D eigenvalue weighted by Crippen LogP contribution is -2.32. The Morgan fingerprint density at radius 1 is 1.71 bits per heavy atom. The predicted molar refractivity (Wildman–Crippen MR) is 49.9 cm³/mol. The van der Waals surface area contributed by atoms with Gasteiger partial charge in [0.25, 0.3) is 0 Å². The second kappa shape index (κ2) is 3.19. The first-order valence-corrected chi connectivity index (χ1v) is 4.21. The number of aromatic amines is 1. The molecular weight excluding hydrogens is 184 g/mol. The summed E-state index contributed by atoms with van der Waals surface area (Å²) in [5.74, 6) is -0.438. The Morgan fingerprint density at radius 3 is 3.14 bits per heavy atom. The fraction of sp³-hybridized carbons (Fsp3) is 0.222. The van der Waals surface area contributed by atoms with Crippen LogP contribution in [0, 0.1) is 0 Å². The average molecular weight is 194 g/mol. The fourth-order valence-electron chi connectivity index (χ4n) is 1.31. The summed E-state index contributed by atoms with van der Waals surface area (Å²) in [7, 11) is 0. The van der Waals surface area contributed by atoms with E-state index < -0.39 is 12.0 Å². The summed E-state index contributed by atoms with van der Waals surface area (Å²) in [4.78, 5) is 13.4. The summed E-state index contributed by atoms with van der Waals surface area (Å²) < 4.78 is 5.33. The zero-order valence-electron chi connectivity index (χ0n) is 7.36. The first-order chi connectivity index (χ1) is 6.66. The molecule has 1 unspecified atom stereocenters. The smallest absolute Gasteiger partial charge is 0.320 e. The fourth-order valence-corrected chi connectivity index (χ4v) is 1.31. The van der Waals surface area contributed by atoms with Crippen LogP contribution in [0.15, 0.2) is 22.7 Å². The van der Waals surface area contributed by atoms with Crippen LogP contribution >= 0.6 is 0 Å². The van der Waals surface area contributed by atoms with Crippen molar-refractivity contribution in [3.05, 3.63) is 24.1 Å². The van der Waals surface area contributed by atoms with Crippen LogP contribution in [-0.2, 0) is 11.2 Å². The number of rotatable bonds is 3. The molecule has 0 aromatic carbocycles. The second-order valence-electron chi connectivity index (χ2n) is 3.12. The minimum atomic E-state index is -1.02. The Bertz CT molecular complexity index is 429. The number of carboxylic acid groups (broad SMARTS) is 1. The van der Waals surface area contributed by atoms with Gasteiger partial charge < -0.3 is 20.2 Å². The van der Waals surface area contributed by atoms with Gasteiger partial charge in [0.15, 0.2) is 0 Å². The molecule has 0 aliphatic heterocycles. The Balaban J connectivity index is 2.19. The SMILES string of the molecule is NC(Cc1cc2cc[nH]c2o1)C(=O)O. The second-order valence-corrected chi connectivity index (χ2v) is 3.12. The Labute approximate surface area is 79.5 Å².